The van der Waals surface area contributed by atoms with E-state index in [1.807, 2.05) is 0 Å². The number of hydrogen-bond donors (Lipinski definition) is 2. The van der Waals surface area contributed by atoms with Gasteiger partial charge in [-0.1, -0.05) is 17.4 Å². The number of esters is 1. The van der Waals surface area contributed by atoms with Gasteiger partial charge in [-0.05, 0) is 19.1 Å². The number of benzene rings is 1. The van der Waals surface area contributed by atoms with Gasteiger partial charge in [-0.2, -0.15) is 0 Å². The van der Waals surface area contributed by atoms with Crippen molar-refractivity contribution in [2.75, 3.05) is 13.2 Å². The number of carbonyl (C=O) groups excluding carboxylic acids is 2. The Kier molecular flexibility index (Phi) is 4.71. The van der Waals surface area contributed by atoms with Crippen LogP contribution in [0.15, 0.2) is 23.0 Å². The summed E-state index contributed by atoms with van der Waals surface area (Å²) in [6, 6.07) is 3.95. The standard InChI is InChI=1S/C14H12FNO5S/c1-2-21-9(17)6-16-13(19)11-12(18)10-7(15)4-3-5-8(10)22-14(11)20/h3-5,20H,2,6H2,1H3,(H,16,19). The summed E-state index contributed by atoms with van der Waals surface area (Å²) >= 11 is 0.708. The Morgan fingerprint density at radius 3 is 2.82 bits per heavy atom. The quantitative estimate of drug-likeness (QED) is 0.829. The summed E-state index contributed by atoms with van der Waals surface area (Å²) in [5.41, 5.74) is -1.52. The lowest BCUT2D eigenvalue weighted by molar-refractivity contribution is -0.141. The molecule has 2 aromatic rings. The van der Waals surface area contributed by atoms with E-state index in [0.29, 0.717) is 11.3 Å². The van der Waals surface area contributed by atoms with Crippen LogP contribution in [0.3, 0.4) is 0 Å². The van der Waals surface area contributed by atoms with E-state index in [2.05, 4.69) is 10.1 Å². The van der Waals surface area contributed by atoms with Crippen LogP contribution in [0.1, 0.15) is 17.3 Å². The molecular weight excluding hydrogens is 313 g/mol. The summed E-state index contributed by atoms with van der Waals surface area (Å²) in [5.74, 6) is -2.42. The van der Waals surface area contributed by atoms with Crippen LogP contribution in [0, 0.1) is 5.82 Å². The van der Waals surface area contributed by atoms with E-state index < -0.39 is 40.3 Å². The van der Waals surface area contributed by atoms with Crippen molar-refractivity contribution in [2.24, 2.45) is 0 Å². The first-order valence-electron chi connectivity index (χ1n) is 6.33. The van der Waals surface area contributed by atoms with Gasteiger partial charge in [0.05, 0.1) is 12.0 Å². The molecule has 0 radical (unpaired) electrons. The van der Waals surface area contributed by atoms with Crippen molar-refractivity contribution in [1.82, 2.24) is 5.32 Å². The van der Waals surface area contributed by atoms with Crippen molar-refractivity contribution in [2.45, 2.75) is 6.92 Å². The summed E-state index contributed by atoms with van der Waals surface area (Å²) in [4.78, 5) is 35.3. The minimum Gasteiger partial charge on any atom is -0.499 e. The monoisotopic (exact) mass is 325 g/mol. The second kappa shape index (κ2) is 6.52. The maximum absolute atomic E-state index is 13.8. The van der Waals surface area contributed by atoms with Gasteiger partial charge in [0.1, 0.15) is 17.9 Å². The highest BCUT2D eigenvalue weighted by Gasteiger charge is 2.21. The van der Waals surface area contributed by atoms with Gasteiger partial charge in [-0.25, -0.2) is 4.39 Å². The summed E-state index contributed by atoms with van der Waals surface area (Å²) in [6.45, 7) is 1.30. The zero-order valence-electron chi connectivity index (χ0n) is 11.5. The summed E-state index contributed by atoms with van der Waals surface area (Å²) in [5, 5.41) is 11.2. The highest BCUT2D eigenvalue weighted by atomic mass is 32.1. The van der Waals surface area contributed by atoms with E-state index in [-0.39, 0.29) is 16.7 Å². The third-order valence-corrected chi connectivity index (χ3v) is 3.73. The first-order valence-corrected chi connectivity index (χ1v) is 7.15. The van der Waals surface area contributed by atoms with E-state index in [1.54, 1.807) is 6.92 Å². The zero-order chi connectivity index (χ0) is 16.3. The molecule has 0 saturated heterocycles. The van der Waals surface area contributed by atoms with Gasteiger partial charge in [0.15, 0.2) is 5.06 Å². The zero-order valence-corrected chi connectivity index (χ0v) is 12.3. The first-order chi connectivity index (χ1) is 10.5. The van der Waals surface area contributed by atoms with Crippen LogP contribution in [0.5, 0.6) is 5.06 Å². The van der Waals surface area contributed by atoms with Gasteiger partial charge in [-0.3, -0.25) is 14.4 Å². The summed E-state index contributed by atoms with van der Waals surface area (Å²) in [7, 11) is 0. The molecule has 2 rings (SSSR count). The van der Waals surface area contributed by atoms with Crippen molar-refractivity contribution in [3.63, 3.8) is 0 Å². The molecule has 1 aromatic heterocycles. The number of amides is 1. The molecule has 0 aliphatic rings. The molecule has 8 heteroatoms. The Balaban J connectivity index is 2.39. The number of aromatic hydroxyl groups is 1. The van der Waals surface area contributed by atoms with Crippen LogP contribution in [0.4, 0.5) is 4.39 Å². The Labute approximate surface area is 128 Å². The van der Waals surface area contributed by atoms with Crippen molar-refractivity contribution >= 4 is 33.3 Å². The Morgan fingerprint density at radius 1 is 1.41 bits per heavy atom. The largest absolute Gasteiger partial charge is 0.499 e. The maximum atomic E-state index is 13.8. The fourth-order valence-corrected chi connectivity index (χ4v) is 2.77. The van der Waals surface area contributed by atoms with Crippen molar-refractivity contribution in [1.29, 1.82) is 0 Å². The Hall–Kier alpha value is -2.48. The number of carbonyl (C=O) groups is 2. The molecule has 2 N–H and O–H groups in total. The normalized spacial score (nSPS) is 10.5. The Morgan fingerprint density at radius 2 is 2.14 bits per heavy atom. The van der Waals surface area contributed by atoms with Gasteiger partial charge in [0.25, 0.3) is 5.91 Å². The molecule has 0 bridgehead atoms. The summed E-state index contributed by atoms with van der Waals surface area (Å²) < 4.78 is 18.6. The molecule has 116 valence electrons. The molecule has 1 heterocycles. The van der Waals surface area contributed by atoms with Gasteiger partial charge < -0.3 is 15.2 Å². The van der Waals surface area contributed by atoms with Crippen LogP contribution < -0.4 is 10.7 Å². The topological polar surface area (TPSA) is 92.7 Å². The van der Waals surface area contributed by atoms with Crippen LogP contribution in [0.2, 0.25) is 0 Å². The Bertz CT molecular complexity index is 802. The predicted octanol–water partition coefficient (Wildman–Crippen LogP) is 1.40. The number of ether oxygens (including phenoxy) is 1. The molecule has 0 aliphatic heterocycles. The lowest BCUT2D eigenvalue weighted by atomic mass is 10.2. The second-order valence-corrected chi connectivity index (χ2v) is 5.24. The van der Waals surface area contributed by atoms with Crippen LogP contribution in [0.25, 0.3) is 10.1 Å². The van der Waals surface area contributed by atoms with Crippen molar-refractivity contribution < 1.29 is 23.8 Å². The molecule has 1 aromatic carbocycles. The molecule has 0 fully saturated rings. The second-order valence-electron chi connectivity index (χ2n) is 4.21. The lowest BCUT2D eigenvalue weighted by Gasteiger charge is -2.07. The van der Waals surface area contributed by atoms with Gasteiger partial charge in [-0.15, -0.1) is 0 Å². The molecule has 22 heavy (non-hydrogen) atoms. The van der Waals surface area contributed by atoms with Crippen LogP contribution in [-0.2, 0) is 9.53 Å². The highest BCUT2D eigenvalue weighted by Crippen LogP contribution is 2.28. The smallest absolute Gasteiger partial charge is 0.325 e. The number of nitrogens with one attached hydrogen (secondary N) is 1. The molecule has 1 amide bonds. The maximum Gasteiger partial charge on any atom is 0.325 e. The van der Waals surface area contributed by atoms with Crippen LogP contribution in [-0.4, -0.2) is 30.1 Å². The van der Waals surface area contributed by atoms with Crippen LogP contribution >= 0.6 is 11.3 Å². The van der Waals surface area contributed by atoms with Gasteiger partial charge in [0, 0.05) is 4.70 Å². The minimum absolute atomic E-state index is 0.149. The molecular formula is C14H12FNO5S. The summed E-state index contributed by atoms with van der Waals surface area (Å²) in [6.07, 6.45) is 0. The number of hydrogen-bond acceptors (Lipinski definition) is 6. The number of rotatable bonds is 4. The fourth-order valence-electron chi connectivity index (χ4n) is 1.84. The third kappa shape index (κ3) is 3.06. The highest BCUT2D eigenvalue weighted by molar-refractivity contribution is 7.20. The fraction of sp³-hybridized carbons (Fsp3) is 0.214. The molecule has 0 atom stereocenters. The van der Waals surface area contributed by atoms with Crippen molar-refractivity contribution in [3.05, 3.63) is 39.8 Å². The van der Waals surface area contributed by atoms with Gasteiger partial charge >= 0.3 is 5.97 Å². The van der Waals surface area contributed by atoms with E-state index in [0.717, 1.165) is 6.07 Å². The average Bonchev–Trinajstić information content (AvgIpc) is 2.45. The minimum atomic E-state index is -0.961. The van der Waals surface area contributed by atoms with E-state index in [9.17, 15) is 23.9 Å². The van der Waals surface area contributed by atoms with E-state index in [4.69, 9.17) is 0 Å². The lowest BCUT2D eigenvalue weighted by Crippen LogP contribution is -2.33. The van der Waals surface area contributed by atoms with E-state index in [1.165, 1.54) is 12.1 Å². The predicted molar refractivity (Wildman–Crippen MR) is 78.7 cm³/mol. The molecule has 0 saturated carbocycles. The molecule has 0 unspecified atom stereocenters. The number of halogens is 1. The first kappa shape index (κ1) is 15.9. The van der Waals surface area contributed by atoms with Crippen molar-refractivity contribution in [3.8, 4) is 5.06 Å². The van der Waals surface area contributed by atoms with E-state index >= 15 is 0 Å². The SMILES string of the molecule is CCOC(=O)CNC(=O)c1c(O)sc2cccc(F)c2c1=O. The third-order valence-electron chi connectivity index (χ3n) is 2.78. The molecule has 0 spiro atoms. The number of fused-ring (bicyclic) bond motifs is 1. The molecule has 6 nitrogen and oxygen atoms in total. The molecule has 0 aliphatic carbocycles. The van der Waals surface area contributed by atoms with Gasteiger partial charge in [0.2, 0.25) is 5.43 Å². The average molecular weight is 325 g/mol.